The van der Waals surface area contributed by atoms with E-state index < -0.39 is 0 Å². The van der Waals surface area contributed by atoms with Crippen LogP contribution in [0.4, 0.5) is 5.69 Å². The van der Waals surface area contributed by atoms with Crippen LogP contribution in [0.5, 0.6) is 0 Å². The highest BCUT2D eigenvalue weighted by Crippen LogP contribution is 2.53. The highest BCUT2D eigenvalue weighted by atomic mass is 16.3. The van der Waals surface area contributed by atoms with Gasteiger partial charge in [-0.15, -0.1) is 0 Å². The Balaban J connectivity index is 1.14. The Kier molecular flexibility index (Phi) is 6.13. The van der Waals surface area contributed by atoms with E-state index in [1.165, 1.54) is 30.4 Å². The summed E-state index contributed by atoms with van der Waals surface area (Å²) in [7, 11) is 0. The average Bonchev–Trinajstić information content (AvgIpc) is 3.66. The van der Waals surface area contributed by atoms with Gasteiger partial charge in [-0.2, -0.15) is 0 Å². The predicted octanol–water partition coefficient (Wildman–Crippen LogP) is 6.30. The lowest BCUT2D eigenvalue weighted by atomic mass is 9.72. The highest BCUT2D eigenvalue weighted by molar-refractivity contribution is 5.92. The van der Waals surface area contributed by atoms with E-state index in [4.69, 9.17) is 4.42 Å². The normalized spacial score (nSPS) is 21.6. The molecular weight excluding hydrogens is 462 g/mol. The molecule has 6 rings (SSSR count). The van der Waals surface area contributed by atoms with Crippen LogP contribution < -0.4 is 5.32 Å². The number of likely N-dealkylation sites (tertiary alicyclic amines) is 1. The summed E-state index contributed by atoms with van der Waals surface area (Å²) in [6, 6.07) is 16.3. The van der Waals surface area contributed by atoms with E-state index in [9.17, 15) is 9.59 Å². The van der Waals surface area contributed by atoms with E-state index in [-0.39, 0.29) is 22.7 Å². The molecule has 0 radical (unpaired) electrons. The highest BCUT2D eigenvalue weighted by Gasteiger charge is 2.48. The molecule has 1 atom stereocenters. The molecule has 1 saturated heterocycles. The average molecular weight is 498 g/mol. The fourth-order valence-electron chi connectivity index (χ4n) is 7.12. The molecule has 0 bridgehead atoms. The number of rotatable bonds is 5. The second kappa shape index (κ2) is 9.47. The number of hydrogen-bond acceptors (Lipinski definition) is 4. The SMILES string of the molecule is CC1(C(=O)N2CCC3(CC2)CC(CC(=O)Nc2cccc(-c4cnco4)c2)c2ccccc23)CCCC1. The Bertz CT molecular complexity index is 1280. The molecule has 2 amide bonds. The molecule has 2 fully saturated rings. The number of nitrogens with zero attached hydrogens (tertiary/aromatic N) is 2. The third-order valence-corrected chi connectivity index (χ3v) is 9.14. The molecule has 1 aromatic heterocycles. The zero-order valence-corrected chi connectivity index (χ0v) is 21.5. The quantitative estimate of drug-likeness (QED) is 0.449. The molecule has 6 heteroatoms. The van der Waals surface area contributed by atoms with Crippen LogP contribution in [0.15, 0.2) is 65.5 Å². The number of anilines is 1. The maximum Gasteiger partial charge on any atom is 0.228 e. The van der Waals surface area contributed by atoms with Crippen LogP contribution in [0.25, 0.3) is 11.3 Å². The van der Waals surface area contributed by atoms with Gasteiger partial charge in [0, 0.05) is 36.2 Å². The van der Waals surface area contributed by atoms with Gasteiger partial charge in [0.1, 0.15) is 0 Å². The van der Waals surface area contributed by atoms with Crippen LogP contribution in [0.3, 0.4) is 0 Å². The standard InChI is InChI=1S/C31H35N3O3/c1-30(11-4-5-12-30)29(36)34-15-13-31(14-16-34)19-23(25-9-2-3-10-26(25)31)18-28(35)33-24-8-6-7-22(17-24)27-20-32-21-37-27/h2-3,6-10,17,20-21,23H,4-5,11-16,18-19H2,1H3,(H,33,35). The van der Waals surface area contributed by atoms with Gasteiger partial charge in [0.05, 0.1) is 6.20 Å². The van der Waals surface area contributed by atoms with E-state index in [0.717, 1.165) is 56.4 Å². The van der Waals surface area contributed by atoms with Crippen molar-refractivity contribution in [2.75, 3.05) is 18.4 Å². The topological polar surface area (TPSA) is 75.4 Å². The predicted molar refractivity (Wildman–Crippen MR) is 143 cm³/mol. The molecule has 1 N–H and O–H groups in total. The van der Waals surface area contributed by atoms with E-state index >= 15 is 0 Å². The third-order valence-electron chi connectivity index (χ3n) is 9.14. The first-order valence-corrected chi connectivity index (χ1v) is 13.6. The molecule has 2 aromatic carbocycles. The monoisotopic (exact) mass is 497 g/mol. The number of carbonyl (C=O) groups is 2. The van der Waals surface area contributed by atoms with Crippen molar-refractivity contribution < 1.29 is 14.0 Å². The number of aromatic nitrogens is 1. The molecule has 1 saturated carbocycles. The smallest absolute Gasteiger partial charge is 0.228 e. The van der Waals surface area contributed by atoms with Gasteiger partial charge < -0.3 is 14.6 Å². The number of oxazole rings is 1. The Hall–Kier alpha value is -3.41. The van der Waals surface area contributed by atoms with Crippen LogP contribution in [0.1, 0.15) is 75.3 Å². The van der Waals surface area contributed by atoms with Gasteiger partial charge in [-0.1, -0.05) is 56.2 Å². The van der Waals surface area contributed by atoms with Crippen molar-refractivity contribution >= 4 is 17.5 Å². The summed E-state index contributed by atoms with van der Waals surface area (Å²) in [5.74, 6) is 1.24. The minimum Gasteiger partial charge on any atom is -0.444 e. The van der Waals surface area contributed by atoms with E-state index in [1.54, 1.807) is 6.20 Å². The molecule has 192 valence electrons. The summed E-state index contributed by atoms with van der Waals surface area (Å²) in [5.41, 5.74) is 4.22. The largest absolute Gasteiger partial charge is 0.444 e. The number of carbonyl (C=O) groups excluding carboxylic acids is 2. The van der Waals surface area contributed by atoms with Gasteiger partial charge in [-0.05, 0) is 66.7 Å². The van der Waals surface area contributed by atoms with Crippen molar-refractivity contribution in [3.63, 3.8) is 0 Å². The number of fused-ring (bicyclic) bond motifs is 2. The zero-order chi connectivity index (χ0) is 25.5. The summed E-state index contributed by atoms with van der Waals surface area (Å²) in [4.78, 5) is 32.6. The lowest BCUT2D eigenvalue weighted by molar-refractivity contribution is -0.142. The first-order chi connectivity index (χ1) is 18.0. The van der Waals surface area contributed by atoms with E-state index in [1.807, 2.05) is 24.3 Å². The van der Waals surface area contributed by atoms with Crippen molar-refractivity contribution in [3.05, 3.63) is 72.2 Å². The molecule has 3 aliphatic rings. The van der Waals surface area contributed by atoms with E-state index in [0.29, 0.717) is 18.1 Å². The first kappa shape index (κ1) is 24.0. The van der Waals surface area contributed by atoms with Gasteiger partial charge >= 0.3 is 0 Å². The van der Waals surface area contributed by atoms with Crippen LogP contribution in [-0.4, -0.2) is 34.8 Å². The Morgan fingerprint density at radius 1 is 1.05 bits per heavy atom. The maximum absolute atomic E-state index is 13.3. The summed E-state index contributed by atoms with van der Waals surface area (Å²) in [5, 5.41) is 3.10. The molecule has 3 aromatic rings. The molecule has 1 aliphatic heterocycles. The van der Waals surface area contributed by atoms with Crippen LogP contribution in [-0.2, 0) is 15.0 Å². The molecule has 37 heavy (non-hydrogen) atoms. The number of piperidine rings is 1. The van der Waals surface area contributed by atoms with Crippen LogP contribution in [0.2, 0.25) is 0 Å². The van der Waals surface area contributed by atoms with Crippen molar-refractivity contribution in [2.24, 2.45) is 5.41 Å². The summed E-state index contributed by atoms with van der Waals surface area (Å²) >= 11 is 0. The van der Waals surface area contributed by atoms with Gasteiger partial charge in [0.2, 0.25) is 11.8 Å². The van der Waals surface area contributed by atoms with Gasteiger partial charge in [-0.25, -0.2) is 4.98 Å². The summed E-state index contributed by atoms with van der Waals surface area (Å²) in [6.07, 6.45) is 10.8. The Morgan fingerprint density at radius 2 is 1.84 bits per heavy atom. The molecule has 2 heterocycles. The van der Waals surface area contributed by atoms with Gasteiger partial charge in [-0.3, -0.25) is 9.59 Å². The number of amides is 2. The molecule has 6 nitrogen and oxygen atoms in total. The second-order valence-corrected chi connectivity index (χ2v) is 11.5. The van der Waals surface area contributed by atoms with Gasteiger partial charge in [0.15, 0.2) is 12.2 Å². The van der Waals surface area contributed by atoms with Crippen molar-refractivity contribution in [2.45, 2.75) is 69.6 Å². The summed E-state index contributed by atoms with van der Waals surface area (Å²) < 4.78 is 5.40. The fraction of sp³-hybridized carbons (Fsp3) is 0.452. The summed E-state index contributed by atoms with van der Waals surface area (Å²) in [6.45, 7) is 3.79. The van der Waals surface area contributed by atoms with Gasteiger partial charge in [0.25, 0.3) is 0 Å². The lowest BCUT2D eigenvalue weighted by Crippen LogP contribution is -2.48. The molecule has 2 aliphatic carbocycles. The van der Waals surface area contributed by atoms with E-state index in [2.05, 4.69) is 46.4 Å². The minimum atomic E-state index is -0.163. The molecule has 1 spiro atoms. The number of benzene rings is 2. The third kappa shape index (κ3) is 4.47. The van der Waals surface area contributed by atoms with Crippen LogP contribution >= 0.6 is 0 Å². The molecule has 1 unspecified atom stereocenters. The van der Waals surface area contributed by atoms with Crippen molar-refractivity contribution in [3.8, 4) is 11.3 Å². The van der Waals surface area contributed by atoms with Crippen molar-refractivity contribution in [1.82, 2.24) is 9.88 Å². The molecular formula is C31H35N3O3. The minimum absolute atomic E-state index is 0.0216. The maximum atomic E-state index is 13.3. The second-order valence-electron chi connectivity index (χ2n) is 11.5. The first-order valence-electron chi connectivity index (χ1n) is 13.6. The fourth-order valence-corrected chi connectivity index (χ4v) is 7.12. The zero-order valence-electron chi connectivity index (χ0n) is 21.5. The number of hydrogen-bond donors (Lipinski definition) is 1. The Morgan fingerprint density at radius 3 is 2.59 bits per heavy atom. The van der Waals surface area contributed by atoms with Crippen LogP contribution in [0, 0.1) is 5.41 Å². The lowest BCUT2D eigenvalue weighted by Gasteiger charge is -2.42. The Labute approximate surface area is 218 Å². The number of nitrogens with one attached hydrogen (secondary N) is 1. The van der Waals surface area contributed by atoms with Crippen molar-refractivity contribution in [1.29, 1.82) is 0 Å².